The molecule has 0 aromatic heterocycles. The Bertz CT molecular complexity index is 496. The van der Waals surface area contributed by atoms with Crippen LogP contribution in [0.15, 0.2) is 54.6 Å². The van der Waals surface area contributed by atoms with Gasteiger partial charge in [-0.05, 0) is 29.5 Å². The van der Waals surface area contributed by atoms with Crippen molar-refractivity contribution in [1.82, 2.24) is 0 Å². The minimum Gasteiger partial charge on any atom is -0.396 e. The van der Waals surface area contributed by atoms with Crippen LogP contribution in [-0.4, -0.2) is 18.3 Å². The number of rotatable bonds is 6. The molecule has 2 aromatic carbocycles. The molecule has 0 spiro atoms. The molecule has 0 saturated heterocycles. The lowest BCUT2D eigenvalue weighted by Gasteiger charge is -2.14. The molecule has 19 heavy (non-hydrogen) atoms. The van der Waals surface area contributed by atoms with Gasteiger partial charge in [-0.2, -0.15) is 0 Å². The third-order valence-corrected chi connectivity index (χ3v) is 3.21. The highest BCUT2D eigenvalue weighted by molar-refractivity contribution is 5.52. The summed E-state index contributed by atoms with van der Waals surface area (Å²) in [5, 5.41) is 12.5. The fourth-order valence-electron chi connectivity index (χ4n) is 2.01. The van der Waals surface area contributed by atoms with E-state index in [2.05, 4.69) is 47.8 Å². The van der Waals surface area contributed by atoms with E-state index in [4.69, 9.17) is 5.11 Å². The molecule has 0 saturated carbocycles. The minimum atomic E-state index is 0.216. The number of benzene rings is 2. The molecule has 2 aromatic rings. The highest BCUT2D eigenvalue weighted by atomic mass is 16.3. The number of aliphatic hydroxyl groups is 1. The van der Waals surface area contributed by atoms with E-state index in [1.165, 1.54) is 11.1 Å². The van der Waals surface area contributed by atoms with E-state index in [1.54, 1.807) is 0 Å². The number of anilines is 1. The molecule has 0 aliphatic heterocycles. The largest absolute Gasteiger partial charge is 0.396 e. The topological polar surface area (TPSA) is 32.3 Å². The van der Waals surface area contributed by atoms with Gasteiger partial charge < -0.3 is 10.4 Å². The normalized spacial score (nSPS) is 12.1. The molecule has 0 heterocycles. The van der Waals surface area contributed by atoms with Gasteiger partial charge in [-0.25, -0.2) is 0 Å². The highest BCUT2D eigenvalue weighted by Crippen LogP contribution is 2.19. The Labute approximate surface area is 115 Å². The smallest absolute Gasteiger partial charge is 0.0473 e. The van der Waals surface area contributed by atoms with Gasteiger partial charge in [-0.3, -0.25) is 0 Å². The molecule has 100 valence electrons. The van der Waals surface area contributed by atoms with Crippen LogP contribution in [0, 0.1) is 5.92 Å². The molecule has 0 bridgehead atoms. The van der Waals surface area contributed by atoms with Crippen molar-refractivity contribution in [1.29, 1.82) is 0 Å². The second kappa shape index (κ2) is 6.95. The Morgan fingerprint density at radius 2 is 1.68 bits per heavy atom. The Hall–Kier alpha value is -1.80. The zero-order chi connectivity index (χ0) is 13.5. The van der Waals surface area contributed by atoms with Gasteiger partial charge in [0.2, 0.25) is 0 Å². The molecular weight excluding hydrogens is 234 g/mol. The molecule has 1 unspecified atom stereocenters. The van der Waals surface area contributed by atoms with Crippen molar-refractivity contribution in [2.75, 3.05) is 18.5 Å². The molecule has 0 radical (unpaired) electrons. The summed E-state index contributed by atoms with van der Waals surface area (Å²) < 4.78 is 0. The van der Waals surface area contributed by atoms with Crippen LogP contribution in [0.2, 0.25) is 0 Å². The van der Waals surface area contributed by atoms with E-state index in [1.807, 2.05) is 19.1 Å². The highest BCUT2D eigenvalue weighted by Gasteiger charge is 2.04. The van der Waals surface area contributed by atoms with Crippen molar-refractivity contribution in [3.8, 4) is 0 Å². The maximum absolute atomic E-state index is 9.08. The SMILES string of the molecule is CC(CO)CNc1ccccc1Cc1ccccc1. The van der Waals surface area contributed by atoms with Gasteiger partial charge in [0.05, 0.1) is 0 Å². The Morgan fingerprint density at radius 1 is 1.00 bits per heavy atom. The van der Waals surface area contributed by atoms with E-state index in [-0.39, 0.29) is 12.5 Å². The summed E-state index contributed by atoms with van der Waals surface area (Å²) in [6.45, 7) is 3.04. The Balaban J connectivity index is 2.08. The maximum Gasteiger partial charge on any atom is 0.0473 e. The monoisotopic (exact) mass is 255 g/mol. The van der Waals surface area contributed by atoms with E-state index in [0.717, 1.165) is 18.7 Å². The Kier molecular flexibility index (Phi) is 4.99. The summed E-state index contributed by atoms with van der Waals surface area (Å²) in [5.74, 6) is 0.268. The second-order valence-electron chi connectivity index (χ2n) is 4.99. The first kappa shape index (κ1) is 13.6. The molecule has 1 atom stereocenters. The van der Waals surface area contributed by atoms with Gasteiger partial charge in [-0.15, -0.1) is 0 Å². The number of hydrogen-bond acceptors (Lipinski definition) is 2. The lowest BCUT2D eigenvalue weighted by Crippen LogP contribution is -2.15. The van der Waals surface area contributed by atoms with Crippen LogP contribution in [-0.2, 0) is 6.42 Å². The third-order valence-electron chi connectivity index (χ3n) is 3.21. The van der Waals surface area contributed by atoms with Crippen LogP contribution in [0.4, 0.5) is 5.69 Å². The number of nitrogens with one attached hydrogen (secondary N) is 1. The van der Waals surface area contributed by atoms with Gasteiger partial charge in [0.25, 0.3) is 0 Å². The number of para-hydroxylation sites is 1. The van der Waals surface area contributed by atoms with Crippen LogP contribution in [0.25, 0.3) is 0 Å². The lowest BCUT2D eigenvalue weighted by molar-refractivity contribution is 0.244. The standard InChI is InChI=1S/C17H21NO/c1-14(13-19)12-18-17-10-6-5-9-16(17)11-15-7-3-2-4-8-15/h2-10,14,18-19H,11-13H2,1H3. The molecule has 0 aliphatic carbocycles. The van der Waals surface area contributed by atoms with Crippen molar-refractivity contribution < 1.29 is 5.11 Å². The van der Waals surface area contributed by atoms with Crippen LogP contribution < -0.4 is 5.32 Å². The summed E-state index contributed by atoms with van der Waals surface area (Å²) >= 11 is 0. The maximum atomic E-state index is 9.08. The number of aliphatic hydroxyl groups excluding tert-OH is 1. The lowest BCUT2D eigenvalue weighted by atomic mass is 10.0. The van der Waals surface area contributed by atoms with Gasteiger partial charge in [-0.1, -0.05) is 55.5 Å². The quantitative estimate of drug-likeness (QED) is 0.830. The van der Waals surface area contributed by atoms with Crippen LogP contribution in [0.1, 0.15) is 18.1 Å². The molecule has 0 amide bonds. The molecule has 2 nitrogen and oxygen atoms in total. The zero-order valence-electron chi connectivity index (χ0n) is 11.3. The molecule has 2 N–H and O–H groups in total. The summed E-state index contributed by atoms with van der Waals surface area (Å²) in [7, 11) is 0. The first-order valence-electron chi connectivity index (χ1n) is 6.76. The van der Waals surface area contributed by atoms with E-state index in [0.29, 0.717) is 0 Å². The van der Waals surface area contributed by atoms with Crippen LogP contribution in [0.3, 0.4) is 0 Å². The minimum absolute atomic E-state index is 0.216. The van der Waals surface area contributed by atoms with Crippen molar-refractivity contribution in [2.24, 2.45) is 5.92 Å². The molecule has 0 aliphatic rings. The summed E-state index contributed by atoms with van der Waals surface area (Å²) in [5.41, 5.74) is 3.76. The fourth-order valence-corrected chi connectivity index (χ4v) is 2.01. The average Bonchev–Trinajstić information content (AvgIpc) is 2.47. The first-order valence-corrected chi connectivity index (χ1v) is 6.76. The summed E-state index contributed by atoms with van der Waals surface area (Å²) in [6, 6.07) is 18.8. The van der Waals surface area contributed by atoms with E-state index in [9.17, 15) is 0 Å². The van der Waals surface area contributed by atoms with Crippen molar-refractivity contribution >= 4 is 5.69 Å². The Morgan fingerprint density at radius 3 is 2.42 bits per heavy atom. The van der Waals surface area contributed by atoms with Crippen molar-refractivity contribution in [3.05, 3.63) is 65.7 Å². The van der Waals surface area contributed by atoms with Gasteiger partial charge in [0, 0.05) is 18.8 Å². The predicted octanol–water partition coefficient (Wildman–Crippen LogP) is 3.32. The summed E-state index contributed by atoms with van der Waals surface area (Å²) in [6.07, 6.45) is 0.928. The molecule has 2 heteroatoms. The third kappa shape index (κ3) is 4.11. The zero-order valence-corrected chi connectivity index (χ0v) is 11.3. The van der Waals surface area contributed by atoms with Crippen LogP contribution >= 0.6 is 0 Å². The average molecular weight is 255 g/mol. The van der Waals surface area contributed by atoms with Crippen molar-refractivity contribution in [3.63, 3.8) is 0 Å². The van der Waals surface area contributed by atoms with Crippen molar-refractivity contribution in [2.45, 2.75) is 13.3 Å². The number of hydrogen-bond donors (Lipinski definition) is 2. The molecular formula is C17H21NO. The summed E-state index contributed by atoms with van der Waals surface area (Å²) in [4.78, 5) is 0. The predicted molar refractivity (Wildman–Crippen MR) is 80.4 cm³/mol. The second-order valence-corrected chi connectivity index (χ2v) is 4.99. The molecule has 2 rings (SSSR count). The van der Waals surface area contributed by atoms with Gasteiger partial charge in [0.1, 0.15) is 0 Å². The van der Waals surface area contributed by atoms with E-state index >= 15 is 0 Å². The van der Waals surface area contributed by atoms with Gasteiger partial charge >= 0.3 is 0 Å². The van der Waals surface area contributed by atoms with E-state index < -0.39 is 0 Å². The van der Waals surface area contributed by atoms with Crippen LogP contribution in [0.5, 0.6) is 0 Å². The fraction of sp³-hybridized carbons (Fsp3) is 0.294. The molecule has 0 fully saturated rings. The van der Waals surface area contributed by atoms with Gasteiger partial charge in [0.15, 0.2) is 0 Å². The first-order chi connectivity index (χ1) is 9.29.